The minimum atomic E-state index is 0.923. The zero-order chi connectivity index (χ0) is 13.5. The second kappa shape index (κ2) is 7.98. The van der Waals surface area contributed by atoms with Crippen LogP contribution < -0.4 is 5.32 Å². The Morgan fingerprint density at radius 2 is 2.21 bits per heavy atom. The standard InChI is InChI=1S/C15H27N3S/c1-3-7-16-11-14-12-17-15(19-14)6-10-18-8-4-13(2)5-9-18/h12-13,16H,3-11H2,1-2H3. The van der Waals surface area contributed by atoms with Gasteiger partial charge in [-0.05, 0) is 44.8 Å². The fraction of sp³-hybridized carbons (Fsp3) is 0.800. The van der Waals surface area contributed by atoms with Crippen molar-refractivity contribution in [1.29, 1.82) is 0 Å². The first kappa shape index (κ1) is 14.9. The zero-order valence-electron chi connectivity index (χ0n) is 12.3. The van der Waals surface area contributed by atoms with Crippen molar-refractivity contribution in [3.05, 3.63) is 16.1 Å². The summed E-state index contributed by atoms with van der Waals surface area (Å²) in [5.74, 6) is 0.923. The number of hydrogen-bond acceptors (Lipinski definition) is 4. The molecule has 1 aliphatic rings. The highest BCUT2D eigenvalue weighted by Gasteiger charge is 2.15. The molecule has 0 atom stereocenters. The van der Waals surface area contributed by atoms with E-state index in [1.165, 1.54) is 48.8 Å². The molecule has 0 aromatic carbocycles. The Kier molecular flexibility index (Phi) is 6.28. The van der Waals surface area contributed by atoms with Crippen molar-refractivity contribution >= 4 is 11.3 Å². The fourth-order valence-electron chi connectivity index (χ4n) is 2.47. The van der Waals surface area contributed by atoms with Crippen LogP contribution in [0, 0.1) is 5.92 Å². The number of rotatable bonds is 7. The lowest BCUT2D eigenvalue weighted by Gasteiger charge is -2.29. The minimum Gasteiger partial charge on any atom is -0.312 e. The van der Waals surface area contributed by atoms with Crippen LogP contribution in [0.1, 0.15) is 43.0 Å². The Morgan fingerprint density at radius 1 is 1.42 bits per heavy atom. The van der Waals surface area contributed by atoms with Crippen LogP contribution in [0.15, 0.2) is 6.20 Å². The molecule has 0 amide bonds. The predicted molar refractivity (Wildman–Crippen MR) is 82.7 cm³/mol. The summed E-state index contributed by atoms with van der Waals surface area (Å²) < 4.78 is 0. The molecule has 1 saturated heterocycles. The largest absolute Gasteiger partial charge is 0.312 e. The summed E-state index contributed by atoms with van der Waals surface area (Å²) in [7, 11) is 0. The Bertz CT molecular complexity index is 356. The molecule has 1 aliphatic heterocycles. The van der Waals surface area contributed by atoms with Crippen LogP contribution in [0.4, 0.5) is 0 Å². The van der Waals surface area contributed by atoms with Crippen LogP contribution in [-0.4, -0.2) is 36.1 Å². The van der Waals surface area contributed by atoms with Crippen molar-refractivity contribution in [3.63, 3.8) is 0 Å². The minimum absolute atomic E-state index is 0.923. The zero-order valence-corrected chi connectivity index (χ0v) is 13.1. The van der Waals surface area contributed by atoms with E-state index in [4.69, 9.17) is 0 Å². The molecule has 4 heteroatoms. The maximum atomic E-state index is 4.55. The molecule has 2 rings (SSSR count). The first-order valence-corrected chi connectivity index (χ1v) is 8.46. The Hall–Kier alpha value is -0.450. The molecule has 19 heavy (non-hydrogen) atoms. The average Bonchev–Trinajstić information content (AvgIpc) is 2.86. The van der Waals surface area contributed by atoms with Crippen LogP contribution in [-0.2, 0) is 13.0 Å². The van der Waals surface area contributed by atoms with Gasteiger partial charge in [0.05, 0.1) is 5.01 Å². The molecule has 0 unspecified atom stereocenters. The van der Waals surface area contributed by atoms with Gasteiger partial charge in [-0.1, -0.05) is 13.8 Å². The normalized spacial score (nSPS) is 18.0. The summed E-state index contributed by atoms with van der Waals surface area (Å²) in [6.07, 6.45) is 7.08. The van der Waals surface area contributed by atoms with Crippen molar-refractivity contribution in [2.24, 2.45) is 5.92 Å². The van der Waals surface area contributed by atoms with Crippen LogP contribution in [0.25, 0.3) is 0 Å². The van der Waals surface area contributed by atoms with E-state index in [0.29, 0.717) is 0 Å². The van der Waals surface area contributed by atoms with Crippen LogP contribution >= 0.6 is 11.3 Å². The molecule has 0 spiro atoms. The summed E-state index contributed by atoms with van der Waals surface area (Å²) in [5.41, 5.74) is 0. The number of nitrogens with zero attached hydrogens (tertiary/aromatic N) is 2. The van der Waals surface area contributed by atoms with E-state index in [-0.39, 0.29) is 0 Å². The number of aromatic nitrogens is 1. The summed E-state index contributed by atoms with van der Waals surface area (Å²) in [4.78, 5) is 8.51. The molecular formula is C15H27N3S. The fourth-order valence-corrected chi connectivity index (χ4v) is 3.35. The van der Waals surface area contributed by atoms with Gasteiger partial charge in [0.2, 0.25) is 0 Å². The Morgan fingerprint density at radius 3 is 2.95 bits per heavy atom. The molecule has 1 aromatic rings. The number of piperidine rings is 1. The molecule has 1 aromatic heterocycles. The second-order valence-electron chi connectivity index (χ2n) is 5.67. The summed E-state index contributed by atoms with van der Waals surface area (Å²) >= 11 is 1.87. The lowest BCUT2D eigenvalue weighted by Crippen LogP contribution is -2.34. The Labute approximate surface area is 121 Å². The Balaban J connectivity index is 1.68. The highest BCUT2D eigenvalue weighted by Crippen LogP contribution is 2.18. The van der Waals surface area contributed by atoms with E-state index >= 15 is 0 Å². The van der Waals surface area contributed by atoms with Gasteiger partial charge in [0.15, 0.2) is 0 Å². The highest BCUT2D eigenvalue weighted by molar-refractivity contribution is 7.11. The van der Waals surface area contributed by atoms with E-state index in [1.807, 2.05) is 17.5 Å². The van der Waals surface area contributed by atoms with Gasteiger partial charge in [-0.3, -0.25) is 0 Å². The van der Waals surface area contributed by atoms with Crippen molar-refractivity contribution < 1.29 is 0 Å². The smallest absolute Gasteiger partial charge is 0.0940 e. The van der Waals surface area contributed by atoms with E-state index in [9.17, 15) is 0 Å². The predicted octanol–water partition coefficient (Wildman–Crippen LogP) is 2.92. The molecule has 3 nitrogen and oxygen atoms in total. The van der Waals surface area contributed by atoms with E-state index in [2.05, 4.69) is 29.0 Å². The third-order valence-electron chi connectivity index (χ3n) is 3.85. The van der Waals surface area contributed by atoms with Gasteiger partial charge < -0.3 is 10.2 Å². The van der Waals surface area contributed by atoms with Gasteiger partial charge in [-0.15, -0.1) is 11.3 Å². The molecule has 108 valence electrons. The number of likely N-dealkylation sites (tertiary alicyclic amines) is 1. The van der Waals surface area contributed by atoms with Crippen molar-refractivity contribution in [3.8, 4) is 0 Å². The van der Waals surface area contributed by atoms with Gasteiger partial charge >= 0.3 is 0 Å². The van der Waals surface area contributed by atoms with Crippen LogP contribution in [0.5, 0.6) is 0 Å². The number of hydrogen-bond donors (Lipinski definition) is 1. The maximum Gasteiger partial charge on any atom is 0.0940 e. The maximum absolute atomic E-state index is 4.55. The topological polar surface area (TPSA) is 28.2 Å². The van der Waals surface area contributed by atoms with E-state index in [0.717, 1.165) is 25.4 Å². The number of thiazole rings is 1. The molecule has 0 radical (unpaired) electrons. The monoisotopic (exact) mass is 281 g/mol. The lowest BCUT2D eigenvalue weighted by molar-refractivity contribution is 0.194. The quantitative estimate of drug-likeness (QED) is 0.779. The first-order chi connectivity index (χ1) is 9.28. The highest BCUT2D eigenvalue weighted by atomic mass is 32.1. The molecule has 0 bridgehead atoms. The molecule has 0 saturated carbocycles. The van der Waals surface area contributed by atoms with Gasteiger partial charge in [-0.2, -0.15) is 0 Å². The van der Waals surface area contributed by atoms with Crippen molar-refractivity contribution in [2.75, 3.05) is 26.2 Å². The summed E-state index contributed by atoms with van der Waals surface area (Å²) in [6, 6.07) is 0. The van der Waals surface area contributed by atoms with Gasteiger partial charge in [0.25, 0.3) is 0 Å². The lowest BCUT2D eigenvalue weighted by atomic mass is 9.99. The van der Waals surface area contributed by atoms with Crippen LogP contribution in [0.3, 0.4) is 0 Å². The van der Waals surface area contributed by atoms with Crippen molar-refractivity contribution in [2.45, 2.75) is 46.1 Å². The molecule has 0 aliphatic carbocycles. The van der Waals surface area contributed by atoms with Gasteiger partial charge in [-0.25, -0.2) is 4.98 Å². The molecule has 1 fully saturated rings. The number of nitrogens with one attached hydrogen (secondary N) is 1. The van der Waals surface area contributed by atoms with Gasteiger partial charge in [0, 0.05) is 30.6 Å². The molecular weight excluding hydrogens is 254 g/mol. The average molecular weight is 281 g/mol. The summed E-state index contributed by atoms with van der Waals surface area (Å²) in [6.45, 7) is 10.4. The molecule has 1 N–H and O–H groups in total. The molecule has 2 heterocycles. The van der Waals surface area contributed by atoms with E-state index < -0.39 is 0 Å². The third kappa shape index (κ3) is 5.21. The van der Waals surface area contributed by atoms with E-state index in [1.54, 1.807) is 0 Å². The first-order valence-electron chi connectivity index (χ1n) is 7.64. The SMILES string of the molecule is CCCNCc1cnc(CCN2CCC(C)CC2)s1. The second-order valence-corrected chi connectivity index (χ2v) is 6.87. The van der Waals surface area contributed by atoms with Crippen molar-refractivity contribution in [1.82, 2.24) is 15.2 Å². The third-order valence-corrected chi connectivity index (χ3v) is 4.90. The van der Waals surface area contributed by atoms with Gasteiger partial charge in [0.1, 0.15) is 0 Å². The van der Waals surface area contributed by atoms with Crippen LogP contribution in [0.2, 0.25) is 0 Å². The summed E-state index contributed by atoms with van der Waals surface area (Å²) in [5, 5.41) is 4.73.